The highest BCUT2D eigenvalue weighted by molar-refractivity contribution is 7.99. The zero-order valence-corrected chi connectivity index (χ0v) is 19.9. The Kier molecular flexibility index (Phi) is 5.97. The summed E-state index contributed by atoms with van der Waals surface area (Å²) in [5.41, 5.74) is 1.86. The highest BCUT2D eigenvalue weighted by Crippen LogP contribution is 2.35. The number of rotatable bonds is 7. The summed E-state index contributed by atoms with van der Waals surface area (Å²) in [6.07, 6.45) is 2.54. The van der Waals surface area contributed by atoms with E-state index < -0.39 is 10.0 Å². The largest absolute Gasteiger partial charge is 0.270 e. The molecule has 0 saturated carbocycles. The van der Waals surface area contributed by atoms with E-state index in [2.05, 4.69) is 17.1 Å². The van der Waals surface area contributed by atoms with Gasteiger partial charge in [-0.25, -0.2) is 16.8 Å². The molecule has 5 rings (SSSR count). The Hall–Kier alpha value is -3.43. The van der Waals surface area contributed by atoms with Crippen molar-refractivity contribution in [2.24, 2.45) is 0 Å². The van der Waals surface area contributed by atoms with Crippen LogP contribution in [0.5, 0.6) is 0 Å². The summed E-state index contributed by atoms with van der Waals surface area (Å²) in [5, 5.41) is 10.2. The van der Waals surface area contributed by atoms with Crippen molar-refractivity contribution in [3.8, 4) is 17.1 Å². The summed E-state index contributed by atoms with van der Waals surface area (Å²) < 4.78 is 43.8. The Morgan fingerprint density at radius 3 is 2.35 bits per heavy atom. The molecule has 0 bridgehead atoms. The molecule has 6 nitrogen and oxygen atoms in total. The number of aromatic nitrogens is 4. The Balaban J connectivity index is 1.75. The predicted octanol–water partition coefficient (Wildman–Crippen LogP) is 5.77. The minimum atomic E-state index is -3.84. The number of hydrogen-bond acceptors (Lipinski definition) is 5. The van der Waals surface area contributed by atoms with E-state index in [-0.39, 0.29) is 10.7 Å². The van der Waals surface area contributed by atoms with Crippen LogP contribution in [-0.2, 0) is 10.0 Å². The molecular weight excluding hydrogens is 471 g/mol. The number of thioether (sulfide) groups is 1. The SMILES string of the molecule is CCCSc1nnc(-c2cn(S(=O)(=O)c3ccccc3)c3ccccc23)n1-c1ccc(F)cc1. The van der Waals surface area contributed by atoms with Crippen LogP contribution >= 0.6 is 11.8 Å². The van der Waals surface area contributed by atoms with Crippen molar-refractivity contribution in [2.45, 2.75) is 23.4 Å². The quantitative estimate of drug-likeness (QED) is 0.270. The van der Waals surface area contributed by atoms with E-state index in [0.29, 0.717) is 27.7 Å². The summed E-state index contributed by atoms with van der Waals surface area (Å²) in [7, 11) is -3.84. The van der Waals surface area contributed by atoms with Gasteiger partial charge in [-0.15, -0.1) is 10.2 Å². The maximum atomic E-state index is 13.6. The molecule has 2 aromatic heterocycles. The van der Waals surface area contributed by atoms with Gasteiger partial charge >= 0.3 is 0 Å². The van der Waals surface area contributed by atoms with Gasteiger partial charge in [0.15, 0.2) is 11.0 Å². The van der Waals surface area contributed by atoms with Gasteiger partial charge in [-0.3, -0.25) is 4.57 Å². The molecule has 0 unspecified atom stereocenters. The van der Waals surface area contributed by atoms with Gasteiger partial charge in [0.1, 0.15) is 5.82 Å². The molecule has 0 aliphatic rings. The van der Waals surface area contributed by atoms with Crippen molar-refractivity contribution in [1.82, 2.24) is 18.7 Å². The third-order valence-corrected chi connectivity index (χ3v) is 8.20. The summed E-state index contributed by atoms with van der Waals surface area (Å²) in [4.78, 5) is 0.196. The molecule has 0 aliphatic carbocycles. The molecule has 0 saturated heterocycles. The first-order valence-electron chi connectivity index (χ1n) is 10.8. The number of halogens is 1. The van der Waals surface area contributed by atoms with Gasteiger partial charge in [-0.1, -0.05) is 55.1 Å². The highest BCUT2D eigenvalue weighted by Gasteiger charge is 2.25. The van der Waals surface area contributed by atoms with Gasteiger partial charge in [-0.2, -0.15) is 0 Å². The average Bonchev–Trinajstić information content (AvgIpc) is 3.46. The molecule has 9 heteroatoms. The van der Waals surface area contributed by atoms with Gasteiger partial charge in [0, 0.05) is 28.6 Å². The van der Waals surface area contributed by atoms with Crippen LogP contribution in [0.3, 0.4) is 0 Å². The third kappa shape index (κ3) is 3.91. The molecule has 3 aromatic carbocycles. The lowest BCUT2D eigenvalue weighted by atomic mass is 10.1. The Morgan fingerprint density at radius 2 is 1.62 bits per heavy atom. The fourth-order valence-corrected chi connectivity index (χ4v) is 5.98. The lowest BCUT2D eigenvalue weighted by molar-refractivity contribution is 0.589. The normalized spacial score (nSPS) is 11.8. The third-order valence-electron chi connectivity index (χ3n) is 5.37. The van der Waals surface area contributed by atoms with Crippen molar-refractivity contribution in [2.75, 3.05) is 5.75 Å². The van der Waals surface area contributed by atoms with Crippen LogP contribution in [0.2, 0.25) is 0 Å². The summed E-state index contributed by atoms with van der Waals surface area (Å²) in [5.74, 6) is 0.985. The fraction of sp³-hybridized carbons (Fsp3) is 0.120. The maximum Gasteiger partial charge on any atom is 0.268 e. The molecule has 0 N–H and O–H groups in total. The molecular formula is C25H21FN4O2S2. The molecule has 0 fully saturated rings. The van der Waals surface area contributed by atoms with Crippen molar-refractivity contribution >= 4 is 32.7 Å². The molecule has 34 heavy (non-hydrogen) atoms. The molecule has 0 radical (unpaired) electrons. The van der Waals surface area contributed by atoms with E-state index >= 15 is 0 Å². The van der Waals surface area contributed by atoms with Crippen LogP contribution in [0.25, 0.3) is 28.0 Å². The smallest absolute Gasteiger partial charge is 0.268 e. The fourth-order valence-electron chi connectivity index (χ4n) is 3.79. The summed E-state index contributed by atoms with van der Waals surface area (Å²) in [6, 6.07) is 21.7. The Labute approximate surface area is 201 Å². The van der Waals surface area contributed by atoms with E-state index in [1.165, 1.54) is 16.1 Å². The van der Waals surface area contributed by atoms with Crippen LogP contribution in [-0.4, -0.2) is 32.9 Å². The minimum absolute atomic E-state index is 0.196. The van der Waals surface area contributed by atoms with Gasteiger partial charge in [-0.05, 0) is 48.9 Å². The maximum absolute atomic E-state index is 13.6. The number of hydrogen-bond donors (Lipinski definition) is 0. The van der Waals surface area contributed by atoms with Crippen LogP contribution < -0.4 is 0 Å². The van der Waals surface area contributed by atoms with Crippen molar-refractivity contribution in [1.29, 1.82) is 0 Å². The van der Waals surface area contributed by atoms with E-state index in [1.807, 2.05) is 16.7 Å². The molecule has 0 atom stereocenters. The number of fused-ring (bicyclic) bond motifs is 1. The van der Waals surface area contributed by atoms with E-state index in [4.69, 9.17) is 0 Å². The lowest BCUT2D eigenvalue weighted by Crippen LogP contribution is -2.11. The molecule has 2 heterocycles. The van der Waals surface area contributed by atoms with E-state index in [1.54, 1.807) is 72.6 Å². The van der Waals surface area contributed by atoms with E-state index in [0.717, 1.165) is 17.6 Å². The lowest BCUT2D eigenvalue weighted by Gasteiger charge is -2.10. The minimum Gasteiger partial charge on any atom is -0.270 e. The first-order chi connectivity index (χ1) is 16.5. The zero-order valence-electron chi connectivity index (χ0n) is 18.3. The average molecular weight is 493 g/mol. The van der Waals surface area contributed by atoms with Gasteiger partial charge in [0.2, 0.25) is 0 Å². The van der Waals surface area contributed by atoms with Crippen LogP contribution in [0.1, 0.15) is 13.3 Å². The second-order valence-corrected chi connectivity index (χ2v) is 10.5. The molecule has 172 valence electrons. The topological polar surface area (TPSA) is 69.8 Å². The van der Waals surface area contributed by atoms with Crippen LogP contribution in [0.15, 0.2) is 95.1 Å². The molecule has 0 spiro atoms. The second kappa shape index (κ2) is 9.08. The molecule has 0 aliphatic heterocycles. The van der Waals surface area contributed by atoms with Crippen molar-refractivity contribution in [3.05, 3.63) is 90.9 Å². The van der Waals surface area contributed by atoms with Gasteiger partial charge in [0.25, 0.3) is 10.0 Å². The van der Waals surface area contributed by atoms with E-state index in [9.17, 15) is 12.8 Å². The van der Waals surface area contributed by atoms with Crippen LogP contribution in [0, 0.1) is 5.82 Å². The second-order valence-electron chi connectivity index (χ2n) is 7.64. The number of nitrogens with zero attached hydrogens (tertiary/aromatic N) is 4. The predicted molar refractivity (Wildman–Crippen MR) is 132 cm³/mol. The first kappa shape index (κ1) is 22.4. The molecule has 0 amide bonds. The van der Waals surface area contributed by atoms with Crippen molar-refractivity contribution < 1.29 is 12.8 Å². The monoisotopic (exact) mass is 492 g/mol. The Bertz CT molecular complexity index is 1560. The van der Waals surface area contributed by atoms with Gasteiger partial charge in [0.05, 0.1) is 10.4 Å². The Morgan fingerprint density at radius 1 is 0.912 bits per heavy atom. The first-order valence-corrected chi connectivity index (χ1v) is 13.2. The summed E-state index contributed by atoms with van der Waals surface area (Å²) in [6.45, 7) is 2.08. The van der Waals surface area contributed by atoms with Gasteiger partial charge < -0.3 is 0 Å². The zero-order chi connectivity index (χ0) is 23.7. The standard InChI is InChI=1S/C25H21FN4O2S2/c1-2-16-33-25-28-27-24(30(25)19-14-12-18(26)13-15-19)22-17-29(23-11-7-6-10-21(22)23)34(31,32)20-8-4-3-5-9-20/h3-15,17H,2,16H2,1H3. The van der Waals surface area contributed by atoms with Crippen molar-refractivity contribution in [3.63, 3.8) is 0 Å². The molecule has 5 aromatic rings. The number of benzene rings is 3. The summed E-state index contributed by atoms with van der Waals surface area (Å²) >= 11 is 1.55. The highest BCUT2D eigenvalue weighted by atomic mass is 32.2. The number of para-hydroxylation sites is 1. The van der Waals surface area contributed by atoms with Crippen LogP contribution in [0.4, 0.5) is 4.39 Å².